The number of nitrogens with zero attached hydrogens (tertiary/aromatic N) is 1. The lowest BCUT2D eigenvalue weighted by Gasteiger charge is -2.29. The smallest absolute Gasteiger partial charge is 0.216 e. The minimum atomic E-state index is -2.98. The van der Waals surface area contributed by atoms with E-state index in [9.17, 15) is 8.42 Å². The topological polar surface area (TPSA) is 49.4 Å². The van der Waals surface area contributed by atoms with Gasteiger partial charge in [-0.15, -0.1) is 0 Å². The maximum absolute atomic E-state index is 12.3. The van der Waals surface area contributed by atoms with Gasteiger partial charge in [-0.3, -0.25) is 0 Å². The van der Waals surface area contributed by atoms with E-state index in [1.54, 1.807) is 4.31 Å². The molecule has 1 saturated carbocycles. The fraction of sp³-hybridized carbons (Fsp3) is 1.00. The Bertz CT molecular complexity index is 332. The van der Waals surface area contributed by atoms with Gasteiger partial charge in [0.1, 0.15) is 0 Å². The average molecular weight is 260 g/mol. The van der Waals surface area contributed by atoms with Gasteiger partial charge in [0.05, 0.1) is 5.25 Å². The number of piperidine rings is 1. The van der Waals surface area contributed by atoms with Crippen LogP contribution in [0.2, 0.25) is 0 Å². The summed E-state index contributed by atoms with van der Waals surface area (Å²) < 4.78 is 26.3. The molecular weight excluding hydrogens is 236 g/mol. The van der Waals surface area contributed by atoms with E-state index in [1.807, 2.05) is 0 Å². The van der Waals surface area contributed by atoms with Crippen LogP contribution in [0.1, 0.15) is 39.0 Å². The molecule has 4 nitrogen and oxygen atoms in total. The van der Waals surface area contributed by atoms with Crippen molar-refractivity contribution in [1.82, 2.24) is 9.62 Å². The van der Waals surface area contributed by atoms with Gasteiger partial charge >= 0.3 is 0 Å². The predicted octanol–water partition coefficient (Wildman–Crippen LogP) is 1.19. The molecule has 5 heteroatoms. The van der Waals surface area contributed by atoms with Gasteiger partial charge in [-0.2, -0.15) is 0 Å². The molecule has 1 aliphatic heterocycles. The molecule has 2 fully saturated rings. The Hall–Kier alpha value is -0.130. The van der Waals surface area contributed by atoms with Gasteiger partial charge in [-0.05, 0) is 51.1 Å². The first-order chi connectivity index (χ1) is 8.14. The molecule has 1 N–H and O–H groups in total. The zero-order chi connectivity index (χ0) is 12.3. The van der Waals surface area contributed by atoms with Crippen molar-refractivity contribution < 1.29 is 8.42 Å². The summed E-state index contributed by atoms with van der Waals surface area (Å²) in [6, 6.07) is 0. The van der Waals surface area contributed by atoms with E-state index in [0.717, 1.165) is 45.3 Å². The maximum atomic E-state index is 12.3. The van der Waals surface area contributed by atoms with Crippen LogP contribution in [0.5, 0.6) is 0 Å². The van der Waals surface area contributed by atoms with E-state index < -0.39 is 10.0 Å². The highest BCUT2D eigenvalue weighted by Gasteiger charge is 2.40. The Balaban J connectivity index is 1.96. The molecule has 2 rings (SSSR count). The van der Waals surface area contributed by atoms with Gasteiger partial charge < -0.3 is 5.32 Å². The van der Waals surface area contributed by atoms with E-state index in [0.29, 0.717) is 12.5 Å². The molecule has 0 aromatic heterocycles. The normalized spacial score (nSPS) is 26.4. The summed E-state index contributed by atoms with van der Waals surface area (Å²) in [5.41, 5.74) is 0. The third-order valence-electron chi connectivity index (χ3n) is 3.64. The van der Waals surface area contributed by atoms with E-state index in [2.05, 4.69) is 12.2 Å². The Morgan fingerprint density at radius 2 is 2.06 bits per heavy atom. The molecular formula is C12H24N2O2S. The summed E-state index contributed by atoms with van der Waals surface area (Å²) in [7, 11) is -2.98. The zero-order valence-corrected chi connectivity index (χ0v) is 11.5. The van der Waals surface area contributed by atoms with Crippen LogP contribution in [0.3, 0.4) is 0 Å². The fourth-order valence-corrected chi connectivity index (χ4v) is 4.53. The second-order valence-electron chi connectivity index (χ2n) is 5.31. The molecule has 17 heavy (non-hydrogen) atoms. The van der Waals surface area contributed by atoms with Gasteiger partial charge in [-0.1, -0.05) is 6.92 Å². The van der Waals surface area contributed by atoms with Crippen LogP contribution < -0.4 is 5.32 Å². The largest absolute Gasteiger partial charge is 0.316 e. The molecule has 2 aliphatic rings. The average Bonchev–Trinajstić information content (AvgIpc) is 3.14. The number of nitrogens with one attached hydrogen (secondary N) is 1. The molecule has 1 heterocycles. The summed E-state index contributed by atoms with van der Waals surface area (Å²) in [5.74, 6) is 0.504. The van der Waals surface area contributed by atoms with Crippen molar-refractivity contribution in [3.8, 4) is 0 Å². The van der Waals surface area contributed by atoms with Crippen molar-refractivity contribution in [2.24, 2.45) is 5.92 Å². The Morgan fingerprint density at radius 3 is 2.59 bits per heavy atom. The first-order valence-electron chi connectivity index (χ1n) is 6.84. The minimum absolute atomic E-state index is 0.0643. The summed E-state index contributed by atoms with van der Waals surface area (Å²) in [5, 5.41) is 3.29. The van der Waals surface area contributed by atoms with Crippen molar-refractivity contribution in [2.45, 2.75) is 44.3 Å². The highest BCUT2D eigenvalue weighted by atomic mass is 32.2. The number of sulfonamides is 1. The third-order valence-corrected chi connectivity index (χ3v) is 6.00. The number of rotatable bonds is 6. The molecule has 0 aromatic rings. The van der Waals surface area contributed by atoms with Crippen molar-refractivity contribution in [1.29, 1.82) is 0 Å². The molecule has 0 aromatic carbocycles. The lowest BCUT2D eigenvalue weighted by atomic mass is 10.00. The van der Waals surface area contributed by atoms with Gasteiger partial charge in [0.25, 0.3) is 0 Å². The molecule has 1 atom stereocenters. The van der Waals surface area contributed by atoms with E-state index in [-0.39, 0.29) is 5.25 Å². The Labute approximate surface area is 105 Å². The molecule has 1 unspecified atom stereocenters. The maximum Gasteiger partial charge on any atom is 0.216 e. The fourth-order valence-electron chi connectivity index (χ4n) is 2.52. The van der Waals surface area contributed by atoms with E-state index in [4.69, 9.17) is 0 Å². The third kappa shape index (κ3) is 3.42. The lowest BCUT2D eigenvalue weighted by molar-refractivity contribution is 0.291. The summed E-state index contributed by atoms with van der Waals surface area (Å²) in [4.78, 5) is 0. The highest BCUT2D eigenvalue weighted by molar-refractivity contribution is 7.90. The standard InChI is InChI=1S/C12H24N2O2S/c1-2-8-14(17(15,16)12-5-6-12)10-11-4-3-7-13-9-11/h11-13H,2-10H2,1H3. The molecule has 1 aliphatic carbocycles. The van der Waals surface area contributed by atoms with Crippen molar-refractivity contribution in [2.75, 3.05) is 26.2 Å². The second kappa shape index (κ2) is 5.67. The monoisotopic (exact) mass is 260 g/mol. The zero-order valence-electron chi connectivity index (χ0n) is 10.7. The van der Waals surface area contributed by atoms with Crippen LogP contribution in [0.4, 0.5) is 0 Å². The summed E-state index contributed by atoms with van der Waals surface area (Å²) in [6.45, 7) is 5.52. The number of hydrogen-bond donors (Lipinski definition) is 1. The predicted molar refractivity (Wildman–Crippen MR) is 69.4 cm³/mol. The quantitative estimate of drug-likeness (QED) is 0.780. The van der Waals surface area contributed by atoms with E-state index >= 15 is 0 Å². The van der Waals surface area contributed by atoms with Gasteiger partial charge in [0.2, 0.25) is 10.0 Å². The van der Waals surface area contributed by atoms with Crippen molar-refractivity contribution in [3.63, 3.8) is 0 Å². The molecule has 0 bridgehead atoms. The van der Waals surface area contributed by atoms with Crippen molar-refractivity contribution >= 4 is 10.0 Å². The first kappa shape index (κ1) is 13.3. The Kier molecular flexibility index (Phi) is 4.44. The van der Waals surface area contributed by atoms with Crippen molar-refractivity contribution in [3.05, 3.63) is 0 Å². The van der Waals surface area contributed by atoms with Gasteiger partial charge in [0, 0.05) is 13.1 Å². The molecule has 0 amide bonds. The highest BCUT2D eigenvalue weighted by Crippen LogP contribution is 2.31. The van der Waals surface area contributed by atoms with Crippen LogP contribution in [0, 0.1) is 5.92 Å². The van der Waals surface area contributed by atoms with Crippen LogP contribution >= 0.6 is 0 Å². The molecule has 1 saturated heterocycles. The van der Waals surface area contributed by atoms with Gasteiger partial charge in [0.15, 0.2) is 0 Å². The SMILES string of the molecule is CCCN(CC1CCCNC1)S(=O)(=O)C1CC1. The summed E-state index contributed by atoms with van der Waals surface area (Å²) >= 11 is 0. The molecule has 0 spiro atoms. The first-order valence-corrected chi connectivity index (χ1v) is 8.34. The molecule has 100 valence electrons. The summed E-state index contributed by atoms with van der Waals surface area (Å²) in [6.07, 6.45) is 4.98. The minimum Gasteiger partial charge on any atom is -0.316 e. The molecule has 0 radical (unpaired) electrons. The van der Waals surface area contributed by atoms with Crippen LogP contribution in [-0.4, -0.2) is 44.2 Å². The van der Waals surface area contributed by atoms with Crippen LogP contribution in [0.25, 0.3) is 0 Å². The Morgan fingerprint density at radius 1 is 1.29 bits per heavy atom. The van der Waals surface area contributed by atoms with Gasteiger partial charge in [-0.25, -0.2) is 12.7 Å². The van der Waals surface area contributed by atoms with Crippen LogP contribution in [0.15, 0.2) is 0 Å². The van der Waals surface area contributed by atoms with Crippen LogP contribution in [-0.2, 0) is 10.0 Å². The van der Waals surface area contributed by atoms with E-state index in [1.165, 1.54) is 6.42 Å². The lowest BCUT2D eigenvalue weighted by Crippen LogP contribution is -2.42. The second-order valence-corrected chi connectivity index (χ2v) is 7.53. The number of hydrogen-bond acceptors (Lipinski definition) is 3.